The second kappa shape index (κ2) is 9.15. The van der Waals surface area contributed by atoms with Gasteiger partial charge in [0.25, 0.3) is 0 Å². The van der Waals surface area contributed by atoms with Gasteiger partial charge in [0.05, 0.1) is 5.60 Å². The highest BCUT2D eigenvalue weighted by Gasteiger charge is 2.32. The van der Waals surface area contributed by atoms with Crippen LogP contribution in [0.15, 0.2) is 35.3 Å². The summed E-state index contributed by atoms with van der Waals surface area (Å²) in [5.41, 5.74) is 0.686. The number of thioether (sulfide) groups is 1. The first-order valence-corrected chi connectivity index (χ1v) is 9.41. The van der Waals surface area contributed by atoms with E-state index in [1.165, 1.54) is 5.69 Å². The molecule has 3 N–H and O–H groups in total. The van der Waals surface area contributed by atoms with Crippen molar-refractivity contribution in [2.24, 2.45) is 4.99 Å². The molecule has 0 aromatic heterocycles. The van der Waals surface area contributed by atoms with Crippen LogP contribution in [0.3, 0.4) is 0 Å². The van der Waals surface area contributed by atoms with Crippen molar-refractivity contribution in [1.29, 1.82) is 0 Å². The molecular weight excluding hydrogens is 435 g/mol. The minimum Gasteiger partial charge on any atom is -0.387 e. The molecule has 0 bridgehead atoms. The largest absolute Gasteiger partial charge is 0.387 e. The van der Waals surface area contributed by atoms with Crippen LogP contribution in [-0.4, -0.2) is 60.9 Å². The van der Waals surface area contributed by atoms with Crippen molar-refractivity contribution in [1.82, 2.24) is 10.6 Å². The predicted molar refractivity (Wildman–Crippen MR) is 114 cm³/mol. The fourth-order valence-corrected chi connectivity index (χ4v) is 4.42. The number of guanidine groups is 1. The van der Waals surface area contributed by atoms with Crippen LogP contribution in [0, 0.1) is 0 Å². The fraction of sp³-hybridized carbons (Fsp3) is 0.588. The Balaban J connectivity index is 0.00000208. The van der Waals surface area contributed by atoms with Crippen LogP contribution in [-0.2, 0) is 0 Å². The van der Waals surface area contributed by atoms with Gasteiger partial charge in [-0.2, -0.15) is 11.8 Å². The zero-order valence-electron chi connectivity index (χ0n) is 14.1. The van der Waals surface area contributed by atoms with Crippen LogP contribution in [0.1, 0.15) is 12.8 Å². The van der Waals surface area contributed by atoms with E-state index in [-0.39, 0.29) is 24.0 Å². The van der Waals surface area contributed by atoms with Gasteiger partial charge in [0.1, 0.15) is 0 Å². The van der Waals surface area contributed by atoms with Crippen LogP contribution in [0.2, 0.25) is 0 Å². The van der Waals surface area contributed by atoms with Crippen molar-refractivity contribution >= 4 is 47.4 Å². The lowest BCUT2D eigenvalue weighted by molar-refractivity contribution is 0.0724. The number of rotatable bonds is 4. The van der Waals surface area contributed by atoms with Gasteiger partial charge in [0, 0.05) is 44.2 Å². The summed E-state index contributed by atoms with van der Waals surface area (Å²) >= 11 is 1.81. The minimum atomic E-state index is -0.589. The van der Waals surface area contributed by atoms with Crippen molar-refractivity contribution in [3.05, 3.63) is 30.3 Å². The van der Waals surface area contributed by atoms with Crippen molar-refractivity contribution < 1.29 is 5.11 Å². The zero-order valence-corrected chi connectivity index (χ0v) is 17.2. The Kier molecular flexibility index (Phi) is 7.49. The number of anilines is 1. The summed E-state index contributed by atoms with van der Waals surface area (Å²) in [6.45, 7) is 2.60. The number of aliphatic hydroxyl groups is 1. The van der Waals surface area contributed by atoms with E-state index in [1.54, 1.807) is 7.05 Å². The normalized spacial score (nSPS) is 27.0. The molecule has 0 radical (unpaired) electrons. The van der Waals surface area contributed by atoms with E-state index in [4.69, 9.17) is 0 Å². The summed E-state index contributed by atoms with van der Waals surface area (Å²) in [4.78, 5) is 6.69. The number of hydrogen-bond acceptors (Lipinski definition) is 4. The molecule has 0 saturated carbocycles. The van der Waals surface area contributed by atoms with Crippen LogP contribution < -0.4 is 15.5 Å². The third-order valence-corrected chi connectivity index (χ3v) is 5.78. The Hall–Kier alpha value is -0.670. The maximum Gasteiger partial charge on any atom is 0.191 e. The molecule has 2 unspecified atom stereocenters. The lowest BCUT2D eigenvalue weighted by atomic mass is 10.0. The van der Waals surface area contributed by atoms with E-state index in [0.717, 1.165) is 43.4 Å². The molecule has 0 amide bonds. The van der Waals surface area contributed by atoms with Crippen LogP contribution in [0.5, 0.6) is 0 Å². The molecule has 2 fully saturated rings. The first-order valence-electron chi connectivity index (χ1n) is 8.26. The van der Waals surface area contributed by atoms with Gasteiger partial charge in [-0.1, -0.05) is 18.2 Å². The zero-order chi connectivity index (χ0) is 16.1. The molecule has 2 atom stereocenters. The maximum absolute atomic E-state index is 10.4. The minimum absolute atomic E-state index is 0. The average molecular weight is 462 g/mol. The predicted octanol–water partition coefficient (Wildman–Crippen LogP) is 1.92. The fourth-order valence-electron chi connectivity index (χ4n) is 3.12. The van der Waals surface area contributed by atoms with Gasteiger partial charge in [-0.25, -0.2) is 0 Å². The summed E-state index contributed by atoms with van der Waals surface area (Å²) < 4.78 is 0. The highest BCUT2D eigenvalue weighted by Crippen LogP contribution is 2.27. The number of nitrogens with zero attached hydrogens (tertiary/aromatic N) is 2. The van der Waals surface area contributed by atoms with Crippen molar-refractivity contribution in [2.75, 3.05) is 43.1 Å². The Morgan fingerprint density at radius 1 is 1.42 bits per heavy atom. The third-order valence-electron chi connectivity index (χ3n) is 4.54. The number of benzene rings is 1. The first kappa shape index (κ1) is 19.7. The molecule has 24 heavy (non-hydrogen) atoms. The molecular formula is C17H27IN4OS. The summed E-state index contributed by atoms with van der Waals surface area (Å²) in [6, 6.07) is 10.9. The molecule has 134 valence electrons. The maximum atomic E-state index is 10.4. The molecule has 2 aliphatic heterocycles. The molecule has 7 heteroatoms. The molecule has 2 saturated heterocycles. The van der Waals surface area contributed by atoms with Gasteiger partial charge in [-0.05, 0) is 30.7 Å². The highest BCUT2D eigenvalue weighted by molar-refractivity contribution is 14.0. The lowest BCUT2D eigenvalue weighted by Crippen LogP contribution is -2.50. The van der Waals surface area contributed by atoms with Gasteiger partial charge in [-0.3, -0.25) is 4.99 Å². The highest BCUT2D eigenvalue weighted by atomic mass is 127. The molecule has 1 aromatic carbocycles. The van der Waals surface area contributed by atoms with E-state index in [2.05, 4.69) is 44.8 Å². The number of nitrogens with one attached hydrogen (secondary N) is 2. The molecule has 0 aliphatic carbocycles. The van der Waals surface area contributed by atoms with E-state index < -0.39 is 5.60 Å². The molecule has 2 aliphatic rings. The molecule has 0 spiro atoms. The lowest BCUT2D eigenvalue weighted by Gasteiger charge is -2.24. The number of para-hydroxylation sites is 1. The van der Waals surface area contributed by atoms with E-state index in [0.29, 0.717) is 12.6 Å². The SMILES string of the molecule is CN=C(NCC1(O)CCSC1)NC1CCN(c2ccccc2)C1.I. The van der Waals surface area contributed by atoms with E-state index in [1.807, 2.05) is 17.8 Å². The van der Waals surface area contributed by atoms with E-state index >= 15 is 0 Å². The number of aliphatic imine (C=N–C) groups is 1. The summed E-state index contributed by atoms with van der Waals surface area (Å²) in [6.07, 6.45) is 1.95. The van der Waals surface area contributed by atoms with Crippen molar-refractivity contribution in [2.45, 2.75) is 24.5 Å². The Bertz CT molecular complexity index is 537. The topological polar surface area (TPSA) is 59.9 Å². The summed E-state index contributed by atoms with van der Waals surface area (Å²) in [7, 11) is 1.78. The summed E-state index contributed by atoms with van der Waals surface area (Å²) in [5.74, 6) is 2.64. The van der Waals surface area contributed by atoms with Crippen LogP contribution in [0.4, 0.5) is 5.69 Å². The average Bonchev–Trinajstić information content (AvgIpc) is 3.22. The van der Waals surface area contributed by atoms with Gasteiger partial charge in [-0.15, -0.1) is 24.0 Å². The second-order valence-corrected chi connectivity index (χ2v) is 7.47. The van der Waals surface area contributed by atoms with Crippen molar-refractivity contribution in [3.8, 4) is 0 Å². The monoisotopic (exact) mass is 462 g/mol. The van der Waals surface area contributed by atoms with E-state index in [9.17, 15) is 5.11 Å². The second-order valence-electron chi connectivity index (χ2n) is 6.36. The smallest absolute Gasteiger partial charge is 0.191 e. The molecule has 3 rings (SSSR count). The molecule has 2 heterocycles. The summed E-state index contributed by atoms with van der Waals surface area (Å²) in [5, 5.41) is 17.2. The Morgan fingerprint density at radius 2 is 2.21 bits per heavy atom. The molecule has 1 aromatic rings. The Labute approximate surface area is 165 Å². The molecule has 5 nitrogen and oxygen atoms in total. The first-order chi connectivity index (χ1) is 11.2. The van der Waals surface area contributed by atoms with Crippen LogP contribution >= 0.6 is 35.7 Å². The Morgan fingerprint density at radius 3 is 2.88 bits per heavy atom. The van der Waals surface area contributed by atoms with Gasteiger partial charge < -0.3 is 20.6 Å². The number of hydrogen-bond donors (Lipinski definition) is 3. The number of halogens is 1. The quantitative estimate of drug-likeness (QED) is 0.363. The van der Waals surface area contributed by atoms with Gasteiger partial charge in [0.15, 0.2) is 5.96 Å². The standard InChI is InChI=1S/C17H26N4OS.HI/c1-18-16(19-12-17(22)8-10-23-13-17)20-14-7-9-21(11-14)15-5-3-2-4-6-15;/h2-6,14,22H,7-13H2,1H3,(H2,18,19,20);1H. The third kappa shape index (κ3) is 5.16. The van der Waals surface area contributed by atoms with Crippen LogP contribution in [0.25, 0.3) is 0 Å². The van der Waals surface area contributed by atoms with Gasteiger partial charge in [0.2, 0.25) is 0 Å². The van der Waals surface area contributed by atoms with Gasteiger partial charge >= 0.3 is 0 Å². The van der Waals surface area contributed by atoms with Crippen molar-refractivity contribution in [3.63, 3.8) is 0 Å².